The molecule has 0 bridgehead atoms. The van der Waals surface area contributed by atoms with Crippen molar-refractivity contribution in [2.75, 3.05) is 12.4 Å². The van der Waals surface area contributed by atoms with Gasteiger partial charge in [-0.15, -0.1) is 18.3 Å². The van der Waals surface area contributed by atoms with Crippen LogP contribution in [-0.4, -0.2) is 32.9 Å². The summed E-state index contributed by atoms with van der Waals surface area (Å²) in [5, 5.41) is 24.2. The molecule has 184 valence electrons. The lowest BCUT2D eigenvalue weighted by molar-refractivity contribution is -0.137. The number of aromatic nitrogens is 2. The van der Waals surface area contributed by atoms with Crippen LogP contribution in [0.1, 0.15) is 23.2 Å². The average Bonchev–Trinajstić information content (AvgIpc) is 3.13. The minimum absolute atomic E-state index is 0.400. The fraction of sp³-hybridized carbons (Fsp3) is 0.263. The van der Waals surface area contributed by atoms with Crippen LogP contribution >= 0.6 is 11.6 Å². The van der Waals surface area contributed by atoms with Crippen molar-refractivity contribution < 1.29 is 40.4 Å². The van der Waals surface area contributed by atoms with Crippen LogP contribution in [0, 0.1) is 22.7 Å². The van der Waals surface area contributed by atoms with Gasteiger partial charge in [-0.1, -0.05) is 11.6 Å². The van der Waals surface area contributed by atoms with E-state index in [1.165, 1.54) is 6.07 Å². The topological polar surface area (TPSA) is 127 Å². The van der Waals surface area contributed by atoms with Crippen molar-refractivity contribution in [1.82, 2.24) is 9.78 Å². The predicted molar refractivity (Wildman–Crippen MR) is 107 cm³/mol. The second kappa shape index (κ2) is 8.99. The Balaban J connectivity index is 2.48. The molecule has 1 aliphatic heterocycles. The Hall–Kier alpha value is -3.40. The summed E-state index contributed by atoms with van der Waals surface area (Å²) in [5.74, 6) is -1.71. The third kappa shape index (κ3) is 4.62. The van der Waals surface area contributed by atoms with Crippen LogP contribution in [0.25, 0.3) is 5.69 Å². The Bertz CT molecular complexity index is 1310. The Morgan fingerprint density at radius 3 is 2.51 bits per heavy atom. The maximum atomic E-state index is 13.5. The van der Waals surface area contributed by atoms with Crippen molar-refractivity contribution in [2.24, 2.45) is 0 Å². The van der Waals surface area contributed by atoms with Crippen LogP contribution in [-0.2, 0) is 32.4 Å². The summed E-state index contributed by atoms with van der Waals surface area (Å²) < 4.78 is 97.9. The van der Waals surface area contributed by atoms with E-state index < -0.39 is 79.0 Å². The molecule has 3 rings (SSSR count). The number of methoxy groups -OCH3 is 1. The van der Waals surface area contributed by atoms with Crippen molar-refractivity contribution in [2.45, 2.75) is 28.5 Å². The lowest BCUT2D eigenvalue weighted by Crippen LogP contribution is -2.40. The number of nitrogens with zero attached hydrogens (tertiary/aromatic N) is 4. The number of benzene rings is 1. The van der Waals surface area contributed by atoms with E-state index in [1.54, 1.807) is 6.07 Å². The standard InChI is InChI=1S/C19H10ClF6N5O3S/c1-34-13(32)2-3-17(4-5-27)10-6-9(18(21,22)23)7-11(20)14(10)31-16(29-17)15(12(8-28)30-31)35(33)19(24,25)26/h2-3,6-7,29H,4H2,1H3/b3-2+. The van der Waals surface area contributed by atoms with Crippen molar-refractivity contribution in [3.63, 3.8) is 0 Å². The highest BCUT2D eigenvalue weighted by atomic mass is 35.5. The van der Waals surface area contributed by atoms with Gasteiger partial charge in [-0.25, -0.2) is 9.48 Å². The first kappa shape index (κ1) is 26.2. The average molecular weight is 538 g/mol. The number of rotatable bonds is 4. The van der Waals surface area contributed by atoms with Crippen molar-refractivity contribution in [3.05, 3.63) is 46.1 Å². The van der Waals surface area contributed by atoms with E-state index >= 15 is 0 Å². The molecule has 0 saturated heterocycles. The molecule has 0 amide bonds. The van der Waals surface area contributed by atoms with Gasteiger partial charge < -0.3 is 14.6 Å². The molecule has 2 aromatic rings. The largest absolute Gasteiger partial charge is 0.604 e. The first-order chi connectivity index (χ1) is 16.2. The van der Waals surface area contributed by atoms with E-state index in [4.69, 9.17) is 11.6 Å². The molecule has 35 heavy (non-hydrogen) atoms. The maximum Gasteiger partial charge on any atom is 0.578 e. The highest BCUT2D eigenvalue weighted by Crippen LogP contribution is 2.49. The lowest BCUT2D eigenvalue weighted by Gasteiger charge is -2.38. The first-order valence-electron chi connectivity index (χ1n) is 9.05. The number of hydrogen-bond acceptors (Lipinski definition) is 7. The van der Waals surface area contributed by atoms with Crippen LogP contribution in [0.15, 0.2) is 29.2 Å². The molecule has 1 N–H and O–H groups in total. The zero-order valence-corrected chi connectivity index (χ0v) is 18.7. The molecule has 2 unspecified atom stereocenters. The van der Waals surface area contributed by atoms with Crippen LogP contribution in [0.2, 0.25) is 5.02 Å². The summed E-state index contributed by atoms with van der Waals surface area (Å²) in [5.41, 5.74) is -10.5. The van der Waals surface area contributed by atoms with Gasteiger partial charge in [0.2, 0.25) is 10.6 Å². The van der Waals surface area contributed by atoms with Gasteiger partial charge in [-0.2, -0.15) is 23.7 Å². The highest BCUT2D eigenvalue weighted by molar-refractivity contribution is 7.92. The summed E-state index contributed by atoms with van der Waals surface area (Å²) in [6.07, 6.45) is -4.02. The molecule has 0 radical (unpaired) electrons. The molecule has 2 heterocycles. The molecule has 0 spiro atoms. The molecular formula is C19H10ClF6N5O3S. The van der Waals surface area contributed by atoms with E-state index in [0.717, 1.165) is 19.3 Å². The smallest absolute Gasteiger partial charge is 0.578 e. The number of esters is 1. The Labute approximate surface area is 200 Å². The molecule has 16 heteroatoms. The molecule has 8 nitrogen and oxygen atoms in total. The summed E-state index contributed by atoms with van der Waals surface area (Å²) in [6.45, 7) is 0. The van der Waals surface area contributed by atoms with Gasteiger partial charge in [0.25, 0.3) is 0 Å². The fourth-order valence-corrected chi connectivity index (χ4v) is 4.48. The molecule has 1 aromatic carbocycles. The number of carbonyl (C=O) groups excluding carboxylic acids is 1. The minimum Gasteiger partial charge on any atom is -0.604 e. The molecule has 0 saturated carbocycles. The number of fused-ring (bicyclic) bond motifs is 3. The van der Waals surface area contributed by atoms with Crippen LogP contribution in [0.3, 0.4) is 0 Å². The molecular weight excluding hydrogens is 528 g/mol. The SMILES string of the molecule is COC(=O)/C=C/C1(CC#N)Nc2c([S+]([O-])C(F)(F)F)c(C#N)nn2-c2c(Cl)cc(C(F)(F)F)cc21. The van der Waals surface area contributed by atoms with Gasteiger partial charge >= 0.3 is 17.7 Å². The van der Waals surface area contributed by atoms with Gasteiger partial charge in [-0.3, -0.25) is 0 Å². The number of nitriles is 2. The van der Waals surface area contributed by atoms with Crippen molar-refractivity contribution >= 4 is 34.6 Å². The Morgan fingerprint density at radius 1 is 1.34 bits per heavy atom. The van der Waals surface area contributed by atoms with Crippen molar-refractivity contribution in [3.8, 4) is 17.8 Å². The second-order valence-corrected chi connectivity index (χ2v) is 8.72. The number of halogens is 7. The van der Waals surface area contributed by atoms with E-state index in [-0.39, 0.29) is 0 Å². The van der Waals surface area contributed by atoms with Crippen LogP contribution in [0.4, 0.5) is 32.2 Å². The summed E-state index contributed by atoms with van der Waals surface area (Å²) in [6, 6.07) is 4.10. The zero-order chi connectivity index (χ0) is 26.3. The van der Waals surface area contributed by atoms with Gasteiger partial charge in [0.05, 0.1) is 41.4 Å². The monoisotopic (exact) mass is 537 g/mol. The van der Waals surface area contributed by atoms with Gasteiger partial charge in [0.15, 0.2) is 5.82 Å². The first-order valence-corrected chi connectivity index (χ1v) is 10.6. The predicted octanol–water partition coefficient (Wildman–Crippen LogP) is 4.31. The minimum atomic E-state index is -5.35. The maximum absolute atomic E-state index is 13.5. The quantitative estimate of drug-likeness (QED) is 0.266. The zero-order valence-electron chi connectivity index (χ0n) is 17.1. The van der Waals surface area contributed by atoms with E-state index in [2.05, 4.69) is 15.2 Å². The lowest BCUT2D eigenvalue weighted by atomic mass is 9.83. The highest BCUT2D eigenvalue weighted by Gasteiger charge is 2.53. The van der Waals surface area contributed by atoms with Crippen LogP contribution in [0.5, 0.6) is 0 Å². The number of hydrogen-bond donors (Lipinski definition) is 1. The Kier molecular flexibility index (Phi) is 6.73. The molecule has 0 fully saturated rings. The summed E-state index contributed by atoms with van der Waals surface area (Å²) >= 11 is 2.29. The Morgan fingerprint density at radius 2 is 2.00 bits per heavy atom. The molecule has 1 aromatic heterocycles. The van der Waals surface area contributed by atoms with Gasteiger partial charge in [0.1, 0.15) is 17.2 Å². The number of anilines is 1. The van der Waals surface area contributed by atoms with E-state index in [1.807, 2.05) is 0 Å². The number of ether oxygens (including phenoxy) is 1. The summed E-state index contributed by atoms with van der Waals surface area (Å²) in [7, 11) is 0.989. The third-order valence-electron chi connectivity index (χ3n) is 4.83. The van der Waals surface area contributed by atoms with Gasteiger partial charge in [0, 0.05) is 11.6 Å². The molecule has 2 atom stereocenters. The number of alkyl halides is 6. The van der Waals surface area contributed by atoms with E-state index in [9.17, 15) is 46.2 Å². The molecule has 0 aliphatic carbocycles. The summed E-state index contributed by atoms with van der Waals surface area (Å²) in [4.78, 5) is 10.6. The molecule has 1 aliphatic rings. The second-order valence-electron chi connectivity index (χ2n) is 6.90. The van der Waals surface area contributed by atoms with Crippen molar-refractivity contribution in [1.29, 1.82) is 10.5 Å². The number of nitrogens with one attached hydrogen (secondary N) is 1. The van der Waals surface area contributed by atoms with E-state index in [0.29, 0.717) is 16.8 Å². The van der Waals surface area contributed by atoms with Gasteiger partial charge in [-0.05, 0) is 18.2 Å². The normalized spacial score (nSPS) is 18.1. The van der Waals surface area contributed by atoms with Crippen LogP contribution < -0.4 is 5.32 Å². The number of carbonyl (C=O) groups is 1. The third-order valence-corrected chi connectivity index (χ3v) is 6.30. The fourth-order valence-electron chi connectivity index (χ4n) is 3.37.